The van der Waals surface area contributed by atoms with Gasteiger partial charge in [-0.15, -0.1) is 0 Å². The first-order chi connectivity index (χ1) is 10.9. The van der Waals surface area contributed by atoms with Gasteiger partial charge >= 0.3 is 29.6 Å². The van der Waals surface area contributed by atoms with Crippen molar-refractivity contribution in [3.8, 4) is 0 Å². The van der Waals surface area contributed by atoms with Crippen molar-refractivity contribution in [2.75, 3.05) is 0 Å². The van der Waals surface area contributed by atoms with E-state index in [-0.39, 0.29) is 35.7 Å². The fourth-order valence-corrected chi connectivity index (χ4v) is 3.84. The van der Waals surface area contributed by atoms with Crippen molar-refractivity contribution < 1.29 is 47.6 Å². The molecule has 0 saturated heterocycles. The molecule has 2 unspecified atom stereocenters. The summed E-state index contributed by atoms with van der Waals surface area (Å²) < 4.78 is 33.8. The van der Waals surface area contributed by atoms with Crippen LogP contribution >= 0.6 is 0 Å². The van der Waals surface area contributed by atoms with E-state index < -0.39 is 15.4 Å². The molecular weight excluding hydrogens is 335 g/mol. The second-order valence-electron chi connectivity index (χ2n) is 6.87. The third kappa shape index (κ3) is 17.7. The molecule has 0 rings (SSSR count). The second kappa shape index (κ2) is 17.3. The third-order valence-corrected chi connectivity index (χ3v) is 5.72. The van der Waals surface area contributed by atoms with Crippen LogP contribution in [-0.4, -0.2) is 29.4 Å². The molecule has 0 aliphatic rings. The molecule has 2 atom stereocenters. The SMILES string of the molecule is CCCCCC(CCCCCCCCCCC(C)O)S(=O)(=O)[O-].[Na+]. The van der Waals surface area contributed by atoms with Crippen molar-refractivity contribution in [1.29, 1.82) is 0 Å². The Bertz CT molecular complexity index is 358. The van der Waals surface area contributed by atoms with Gasteiger partial charge in [-0.3, -0.25) is 0 Å². The summed E-state index contributed by atoms with van der Waals surface area (Å²) in [4.78, 5) is 0. The molecule has 0 aromatic carbocycles. The van der Waals surface area contributed by atoms with Gasteiger partial charge in [0.05, 0.1) is 16.2 Å². The quantitative estimate of drug-likeness (QED) is 0.254. The predicted molar refractivity (Wildman–Crippen MR) is 95.5 cm³/mol. The Morgan fingerprint density at radius 3 is 1.54 bits per heavy atom. The monoisotopic (exact) mass is 372 g/mol. The number of unbranched alkanes of at least 4 members (excludes halogenated alkanes) is 9. The first-order valence-electron chi connectivity index (χ1n) is 9.50. The largest absolute Gasteiger partial charge is 1.00 e. The van der Waals surface area contributed by atoms with E-state index in [1.807, 2.05) is 6.92 Å². The summed E-state index contributed by atoms with van der Waals surface area (Å²) in [6, 6.07) is 0. The van der Waals surface area contributed by atoms with Crippen LogP contribution in [0, 0.1) is 0 Å². The van der Waals surface area contributed by atoms with Crippen LogP contribution in [0.15, 0.2) is 0 Å². The average molecular weight is 373 g/mol. The van der Waals surface area contributed by atoms with Gasteiger partial charge in [0.15, 0.2) is 0 Å². The normalized spacial score (nSPS) is 14.2. The number of hydrogen-bond donors (Lipinski definition) is 1. The van der Waals surface area contributed by atoms with Crippen LogP contribution in [-0.2, 0) is 10.1 Å². The number of aliphatic hydroxyl groups is 1. The summed E-state index contributed by atoms with van der Waals surface area (Å²) >= 11 is 0. The van der Waals surface area contributed by atoms with Gasteiger partial charge in [-0.2, -0.15) is 0 Å². The zero-order chi connectivity index (χ0) is 17.6. The average Bonchev–Trinajstić information content (AvgIpc) is 2.45. The van der Waals surface area contributed by atoms with E-state index in [1.165, 1.54) is 25.7 Å². The van der Waals surface area contributed by atoms with E-state index in [9.17, 15) is 13.0 Å². The molecule has 0 aromatic heterocycles. The molecule has 0 spiro atoms. The van der Waals surface area contributed by atoms with Gasteiger partial charge in [-0.1, -0.05) is 77.6 Å². The standard InChI is InChI=1S/C18H38O4S.Na/c1-3-4-11-15-18(23(20,21)22)16-13-10-8-6-5-7-9-12-14-17(2)19;/h17-19H,3-16H2,1-2H3,(H,20,21,22);/q;+1/p-1. The van der Waals surface area contributed by atoms with Crippen molar-refractivity contribution in [1.82, 2.24) is 0 Å². The smallest absolute Gasteiger partial charge is 0.748 e. The summed E-state index contributed by atoms with van der Waals surface area (Å²) in [6.45, 7) is 3.91. The predicted octanol–water partition coefficient (Wildman–Crippen LogP) is 1.77. The Balaban J connectivity index is 0. The van der Waals surface area contributed by atoms with Crippen molar-refractivity contribution in [3.63, 3.8) is 0 Å². The second-order valence-corrected chi connectivity index (χ2v) is 8.52. The molecule has 140 valence electrons. The van der Waals surface area contributed by atoms with Crippen LogP contribution in [0.25, 0.3) is 0 Å². The minimum atomic E-state index is -4.13. The van der Waals surface area contributed by atoms with Crippen LogP contribution in [0.4, 0.5) is 0 Å². The molecule has 0 amide bonds. The first kappa shape index (κ1) is 27.1. The van der Waals surface area contributed by atoms with Crippen molar-refractivity contribution in [2.24, 2.45) is 0 Å². The summed E-state index contributed by atoms with van der Waals surface area (Å²) in [5, 5.41) is 8.49. The van der Waals surface area contributed by atoms with Crippen LogP contribution in [0.2, 0.25) is 0 Å². The third-order valence-electron chi connectivity index (χ3n) is 4.44. The minimum absolute atomic E-state index is 0. The zero-order valence-electron chi connectivity index (χ0n) is 16.1. The molecule has 4 nitrogen and oxygen atoms in total. The number of aliphatic hydroxyl groups excluding tert-OH is 1. The van der Waals surface area contributed by atoms with E-state index in [0.717, 1.165) is 51.4 Å². The van der Waals surface area contributed by atoms with Crippen molar-refractivity contribution in [2.45, 2.75) is 115 Å². The molecule has 0 aromatic rings. The maximum Gasteiger partial charge on any atom is 1.00 e. The van der Waals surface area contributed by atoms with Crippen LogP contribution in [0.3, 0.4) is 0 Å². The molecule has 0 bridgehead atoms. The first-order valence-corrected chi connectivity index (χ1v) is 11.0. The maximum atomic E-state index is 11.3. The van der Waals surface area contributed by atoms with E-state index in [4.69, 9.17) is 5.11 Å². The van der Waals surface area contributed by atoms with E-state index >= 15 is 0 Å². The molecule has 0 saturated carbocycles. The van der Waals surface area contributed by atoms with E-state index in [2.05, 4.69) is 6.92 Å². The fourth-order valence-electron chi connectivity index (χ4n) is 2.93. The van der Waals surface area contributed by atoms with E-state index in [0.29, 0.717) is 12.8 Å². The fraction of sp³-hybridized carbons (Fsp3) is 1.00. The van der Waals surface area contributed by atoms with Crippen LogP contribution < -0.4 is 29.6 Å². The topological polar surface area (TPSA) is 77.4 Å². The van der Waals surface area contributed by atoms with Gasteiger partial charge in [0.25, 0.3) is 0 Å². The zero-order valence-corrected chi connectivity index (χ0v) is 19.0. The van der Waals surface area contributed by atoms with Crippen molar-refractivity contribution in [3.05, 3.63) is 0 Å². The summed E-state index contributed by atoms with van der Waals surface area (Å²) in [5.41, 5.74) is 0. The van der Waals surface area contributed by atoms with Gasteiger partial charge < -0.3 is 9.66 Å². The Hall–Kier alpha value is 0.870. The summed E-state index contributed by atoms with van der Waals surface area (Å²) in [7, 11) is -4.13. The minimum Gasteiger partial charge on any atom is -0.748 e. The number of hydrogen-bond acceptors (Lipinski definition) is 4. The van der Waals surface area contributed by atoms with E-state index in [1.54, 1.807) is 0 Å². The molecule has 6 heteroatoms. The Morgan fingerprint density at radius 1 is 0.792 bits per heavy atom. The van der Waals surface area contributed by atoms with Gasteiger partial charge in [-0.25, -0.2) is 8.42 Å². The molecule has 0 radical (unpaired) electrons. The van der Waals surface area contributed by atoms with Crippen LogP contribution in [0.5, 0.6) is 0 Å². The van der Waals surface area contributed by atoms with Gasteiger partial charge in [0.2, 0.25) is 0 Å². The Labute approximate surface area is 172 Å². The molecule has 0 fully saturated rings. The van der Waals surface area contributed by atoms with Gasteiger partial charge in [0.1, 0.15) is 0 Å². The molecule has 24 heavy (non-hydrogen) atoms. The molecular formula is C18H37NaO4S. The van der Waals surface area contributed by atoms with Crippen molar-refractivity contribution >= 4 is 10.1 Å². The molecule has 0 aliphatic carbocycles. The summed E-state index contributed by atoms with van der Waals surface area (Å²) in [6.07, 6.45) is 13.5. The summed E-state index contributed by atoms with van der Waals surface area (Å²) in [5.74, 6) is 0. The Morgan fingerprint density at radius 2 is 1.17 bits per heavy atom. The van der Waals surface area contributed by atoms with Crippen LogP contribution in [0.1, 0.15) is 104 Å². The number of rotatable bonds is 16. The molecule has 0 aliphatic heterocycles. The van der Waals surface area contributed by atoms with Gasteiger partial charge in [0, 0.05) is 5.25 Å². The van der Waals surface area contributed by atoms with Gasteiger partial charge in [-0.05, 0) is 26.2 Å². The Kier molecular flexibility index (Phi) is 19.5. The maximum absolute atomic E-state index is 11.3. The molecule has 1 N–H and O–H groups in total. The molecule has 0 heterocycles.